The van der Waals surface area contributed by atoms with Crippen molar-refractivity contribution in [2.75, 3.05) is 7.05 Å². The minimum atomic E-state index is -0.0978. The zero-order valence-corrected chi connectivity index (χ0v) is 13.3. The molecule has 0 aromatic heterocycles. The molecular formula is C17H33NO. The second-order valence-corrected chi connectivity index (χ2v) is 7.53. The van der Waals surface area contributed by atoms with E-state index in [0.29, 0.717) is 12.1 Å². The van der Waals surface area contributed by atoms with E-state index in [0.717, 1.165) is 24.2 Å². The number of hydrogen-bond acceptors (Lipinski definition) is 2. The summed E-state index contributed by atoms with van der Waals surface area (Å²) in [5.41, 5.74) is 0. The molecule has 0 aliphatic heterocycles. The molecule has 112 valence electrons. The van der Waals surface area contributed by atoms with Crippen molar-refractivity contribution in [1.82, 2.24) is 4.90 Å². The number of hydrogen-bond donors (Lipinski definition) is 1. The highest BCUT2D eigenvalue weighted by Crippen LogP contribution is 2.35. The van der Waals surface area contributed by atoms with Crippen molar-refractivity contribution in [3.8, 4) is 0 Å². The lowest BCUT2D eigenvalue weighted by Crippen LogP contribution is -2.51. The molecule has 2 nitrogen and oxygen atoms in total. The SMILES string of the molecule is CC1CCC(N(C)C2CC(C(C)C)CCC2O)CC1. The maximum Gasteiger partial charge on any atom is 0.0695 e. The number of nitrogens with zero attached hydrogens (tertiary/aromatic N) is 1. The zero-order valence-electron chi connectivity index (χ0n) is 13.3. The summed E-state index contributed by atoms with van der Waals surface area (Å²) >= 11 is 0. The Morgan fingerprint density at radius 2 is 1.63 bits per heavy atom. The van der Waals surface area contributed by atoms with E-state index in [2.05, 4.69) is 32.7 Å². The zero-order chi connectivity index (χ0) is 14.0. The predicted octanol–water partition coefficient (Wildman–Crippen LogP) is 3.68. The fourth-order valence-corrected chi connectivity index (χ4v) is 4.13. The van der Waals surface area contributed by atoms with E-state index in [4.69, 9.17) is 0 Å². The standard InChI is InChI=1S/C17H33NO/c1-12(2)14-7-10-17(19)16(11-14)18(4)15-8-5-13(3)6-9-15/h12-17,19H,5-11H2,1-4H3. The Balaban J connectivity index is 1.94. The van der Waals surface area contributed by atoms with Gasteiger partial charge in [0.25, 0.3) is 0 Å². The molecule has 2 rings (SSSR count). The van der Waals surface area contributed by atoms with Gasteiger partial charge in [-0.05, 0) is 69.7 Å². The Morgan fingerprint density at radius 3 is 2.21 bits per heavy atom. The molecule has 0 saturated heterocycles. The second kappa shape index (κ2) is 6.58. The molecule has 0 spiro atoms. The van der Waals surface area contributed by atoms with E-state index in [9.17, 15) is 5.11 Å². The van der Waals surface area contributed by atoms with Gasteiger partial charge < -0.3 is 5.11 Å². The lowest BCUT2D eigenvalue weighted by Gasteiger charge is -2.45. The van der Waals surface area contributed by atoms with Gasteiger partial charge in [-0.3, -0.25) is 4.90 Å². The number of aliphatic hydroxyl groups excluding tert-OH is 1. The fraction of sp³-hybridized carbons (Fsp3) is 1.00. The van der Waals surface area contributed by atoms with Crippen LogP contribution < -0.4 is 0 Å². The number of aliphatic hydroxyl groups is 1. The third kappa shape index (κ3) is 3.72. The van der Waals surface area contributed by atoms with Gasteiger partial charge in [-0.2, -0.15) is 0 Å². The summed E-state index contributed by atoms with van der Waals surface area (Å²) in [6.45, 7) is 7.05. The molecule has 2 aliphatic rings. The van der Waals surface area contributed by atoms with Gasteiger partial charge in [0.15, 0.2) is 0 Å². The van der Waals surface area contributed by atoms with Crippen LogP contribution in [-0.2, 0) is 0 Å². The van der Waals surface area contributed by atoms with Gasteiger partial charge in [-0.25, -0.2) is 0 Å². The van der Waals surface area contributed by atoms with Gasteiger partial charge in [0.2, 0.25) is 0 Å². The van der Waals surface area contributed by atoms with E-state index < -0.39 is 0 Å². The van der Waals surface area contributed by atoms with Crippen LogP contribution in [0.3, 0.4) is 0 Å². The molecule has 0 heterocycles. The van der Waals surface area contributed by atoms with Crippen molar-refractivity contribution in [1.29, 1.82) is 0 Å². The van der Waals surface area contributed by atoms with Crippen molar-refractivity contribution >= 4 is 0 Å². The molecule has 2 aliphatic carbocycles. The molecule has 2 saturated carbocycles. The Bertz CT molecular complexity index is 270. The van der Waals surface area contributed by atoms with Gasteiger partial charge in [-0.1, -0.05) is 20.8 Å². The molecule has 2 heteroatoms. The molecule has 0 amide bonds. The molecule has 3 unspecified atom stereocenters. The topological polar surface area (TPSA) is 23.5 Å². The van der Waals surface area contributed by atoms with Gasteiger partial charge in [-0.15, -0.1) is 0 Å². The fourth-order valence-electron chi connectivity index (χ4n) is 4.13. The average Bonchev–Trinajstić information content (AvgIpc) is 2.39. The van der Waals surface area contributed by atoms with Crippen LogP contribution in [0.2, 0.25) is 0 Å². The van der Waals surface area contributed by atoms with Gasteiger partial charge in [0.05, 0.1) is 6.10 Å². The molecule has 0 aromatic carbocycles. The van der Waals surface area contributed by atoms with Crippen LogP contribution in [0.25, 0.3) is 0 Å². The van der Waals surface area contributed by atoms with Crippen molar-refractivity contribution in [2.24, 2.45) is 17.8 Å². The molecular weight excluding hydrogens is 234 g/mol. The van der Waals surface area contributed by atoms with Crippen LogP contribution in [-0.4, -0.2) is 35.2 Å². The second-order valence-electron chi connectivity index (χ2n) is 7.53. The average molecular weight is 267 g/mol. The van der Waals surface area contributed by atoms with Crippen LogP contribution in [0.5, 0.6) is 0 Å². The summed E-state index contributed by atoms with van der Waals surface area (Å²) in [7, 11) is 2.26. The predicted molar refractivity (Wildman–Crippen MR) is 81.2 cm³/mol. The first kappa shape index (κ1) is 15.3. The van der Waals surface area contributed by atoms with E-state index >= 15 is 0 Å². The van der Waals surface area contributed by atoms with Gasteiger partial charge >= 0.3 is 0 Å². The van der Waals surface area contributed by atoms with E-state index in [-0.39, 0.29) is 6.10 Å². The molecule has 0 aromatic rings. The lowest BCUT2D eigenvalue weighted by molar-refractivity contribution is -0.0187. The van der Waals surface area contributed by atoms with Crippen LogP contribution >= 0.6 is 0 Å². The first-order valence-corrected chi connectivity index (χ1v) is 8.39. The normalized spacial score (nSPS) is 40.9. The van der Waals surface area contributed by atoms with Crippen LogP contribution in [0.1, 0.15) is 65.7 Å². The third-order valence-corrected chi connectivity index (χ3v) is 5.85. The van der Waals surface area contributed by atoms with Crippen molar-refractivity contribution in [2.45, 2.75) is 83.9 Å². The number of rotatable bonds is 3. The summed E-state index contributed by atoms with van der Waals surface area (Å²) in [4.78, 5) is 2.53. The summed E-state index contributed by atoms with van der Waals surface area (Å²) in [6, 6.07) is 1.11. The summed E-state index contributed by atoms with van der Waals surface area (Å²) < 4.78 is 0. The van der Waals surface area contributed by atoms with Crippen molar-refractivity contribution in [3.63, 3.8) is 0 Å². The highest BCUT2D eigenvalue weighted by atomic mass is 16.3. The monoisotopic (exact) mass is 267 g/mol. The highest BCUT2D eigenvalue weighted by molar-refractivity contribution is 4.90. The summed E-state index contributed by atoms with van der Waals surface area (Å²) in [6.07, 6.45) is 8.70. The highest BCUT2D eigenvalue weighted by Gasteiger charge is 2.36. The third-order valence-electron chi connectivity index (χ3n) is 5.85. The smallest absolute Gasteiger partial charge is 0.0695 e. The molecule has 0 radical (unpaired) electrons. The Morgan fingerprint density at radius 1 is 1.00 bits per heavy atom. The Hall–Kier alpha value is -0.0800. The summed E-state index contributed by atoms with van der Waals surface area (Å²) in [5.74, 6) is 2.47. The van der Waals surface area contributed by atoms with Crippen LogP contribution in [0, 0.1) is 17.8 Å². The Kier molecular flexibility index (Phi) is 5.30. The van der Waals surface area contributed by atoms with E-state index in [1.807, 2.05) is 0 Å². The first-order chi connectivity index (χ1) is 8.99. The minimum Gasteiger partial charge on any atom is -0.391 e. The van der Waals surface area contributed by atoms with Crippen molar-refractivity contribution < 1.29 is 5.11 Å². The molecule has 2 fully saturated rings. The van der Waals surface area contributed by atoms with Crippen LogP contribution in [0.15, 0.2) is 0 Å². The van der Waals surface area contributed by atoms with Crippen LogP contribution in [0.4, 0.5) is 0 Å². The summed E-state index contributed by atoms with van der Waals surface area (Å²) in [5, 5.41) is 10.4. The maximum absolute atomic E-state index is 10.4. The van der Waals surface area contributed by atoms with Crippen molar-refractivity contribution in [3.05, 3.63) is 0 Å². The van der Waals surface area contributed by atoms with E-state index in [1.54, 1.807) is 0 Å². The first-order valence-electron chi connectivity index (χ1n) is 8.39. The van der Waals surface area contributed by atoms with Gasteiger partial charge in [0.1, 0.15) is 0 Å². The quantitative estimate of drug-likeness (QED) is 0.843. The molecule has 1 N–H and O–H groups in total. The lowest BCUT2D eigenvalue weighted by atomic mass is 9.76. The number of likely N-dealkylation sites (N-methyl/N-ethyl adjacent to an activating group) is 1. The largest absolute Gasteiger partial charge is 0.391 e. The Labute approximate surface area is 119 Å². The van der Waals surface area contributed by atoms with Gasteiger partial charge in [0, 0.05) is 12.1 Å². The minimum absolute atomic E-state index is 0.0978. The van der Waals surface area contributed by atoms with E-state index in [1.165, 1.54) is 38.5 Å². The molecule has 0 bridgehead atoms. The molecule has 19 heavy (non-hydrogen) atoms. The maximum atomic E-state index is 10.4. The molecule has 3 atom stereocenters.